The summed E-state index contributed by atoms with van der Waals surface area (Å²) in [5.74, 6) is -0.0583. The molecular weight excluding hydrogens is 216 g/mol. The van der Waals surface area contributed by atoms with Crippen LogP contribution in [0, 0.1) is 0 Å². The molecular formula is C12H20N4O. The number of rotatable bonds is 4. The van der Waals surface area contributed by atoms with Crippen LogP contribution in [0.1, 0.15) is 43.0 Å². The van der Waals surface area contributed by atoms with Crippen LogP contribution in [0.4, 0.5) is 0 Å². The molecule has 0 atom stereocenters. The fraction of sp³-hybridized carbons (Fsp3) is 0.667. The summed E-state index contributed by atoms with van der Waals surface area (Å²) in [6.07, 6.45) is 7.64. The lowest BCUT2D eigenvalue weighted by molar-refractivity contribution is 0.0903. The molecule has 1 saturated carbocycles. The van der Waals surface area contributed by atoms with E-state index in [1.807, 2.05) is 6.92 Å². The Morgan fingerprint density at radius 2 is 2.29 bits per heavy atom. The molecule has 5 heteroatoms. The first-order valence-corrected chi connectivity index (χ1v) is 6.24. The summed E-state index contributed by atoms with van der Waals surface area (Å²) in [5, 5.41) is 7.18. The zero-order valence-corrected chi connectivity index (χ0v) is 10.3. The van der Waals surface area contributed by atoms with Crippen LogP contribution in [-0.4, -0.2) is 27.8 Å². The van der Waals surface area contributed by atoms with Crippen molar-refractivity contribution in [1.82, 2.24) is 15.1 Å². The second-order valence-corrected chi connectivity index (χ2v) is 4.73. The average Bonchev–Trinajstić information content (AvgIpc) is 2.97. The highest BCUT2D eigenvalue weighted by Gasteiger charge is 2.34. The maximum Gasteiger partial charge on any atom is 0.254 e. The van der Waals surface area contributed by atoms with Crippen LogP contribution in [0.5, 0.6) is 0 Å². The lowest BCUT2D eigenvalue weighted by Gasteiger charge is -2.28. The summed E-state index contributed by atoms with van der Waals surface area (Å²) in [5.41, 5.74) is 6.22. The highest BCUT2D eigenvalue weighted by atomic mass is 16.1. The van der Waals surface area contributed by atoms with Crippen molar-refractivity contribution in [2.45, 2.75) is 44.7 Å². The van der Waals surface area contributed by atoms with E-state index in [1.54, 1.807) is 17.1 Å². The number of aryl methyl sites for hydroxylation is 1. The van der Waals surface area contributed by atoms with Gasteiger partial charge in [-0.15, -0.1) is 0 Å². The van der Waals surface area contributed by atoms with Crippen LogP contribution in [0.2, 0.25) is 0 Å². The van der Waals surface area contributed by atoms with Gasteiger partial charge in [-0.2, -0.15) is 5.10 Å². The molecule has 2 rings (SSSR count). The van der Waals surface area contributed by atoms with E-state index >= 15 is 0 Å². The van der Waals surface area contributed by atoms with Gasteiger partial charge in [0.05, 0.1) is 17.3 Å². The first-order valence-electron chi connectivity index (χ1n) is 6.24. The molecule has 94 valence electrons. The molecule has 0 saturated heterocycles. The summed E-state index contributed by atoms with van der Waals surface area (Å²) < 4.78 is 1.75. The van der Waals surface area contributed by atoms with Crippen molar-refractivity contribution < 1.29 is 4.79 Å². The van der Waals surface area contributed by atoms with Crippen LogP contribution < -0.4 is 11.1 Å². The van der Waals surface area contributed by atoms with E-state index in [2.05, 4.69) is 10.4 Å². The fourth-order valence-electron chi connectivity index (χ4n) is 2.40. The van der Waals surface area contributed by atoms with E-state index in [-0.39, 0.29) is 11.4 Å². The number of nitrogens with zero attached hydrogens (tertiary/aromatic N) is 2. The predicted molar refractivity (Wildman–Crippen MR) is 65.6 cm³/mol. The number of carbonyl (C=O) groups is 1. The van der Waals surface area contributed by atoms with Gasteiger partial charge in [0, 0.05) is 19.3 Å². The van der Waals surface area contributed by atoms with Crippen LogP contribution in [0.15, 0.2) is 12.4 Å². The zero-order valence-electron chi connectivity index (χ0n) is 10.3. The Kier molecular flexibility index (Phi) is 3.47. The summed E-state index contributed by atoms with van der Waals surface area (Å²) in [7, 11) is 0. The Morgan fingerprint density at radius 3 is 2.82 bits per heavy atom. The quantitative estimate of drug-likeness (QED) is 0.816. The van der Waals surface area contributed by atoms with Crippen molar-refractivity contribution in [3.8, 4) is 0 Å². The number of hydrogen-bond donors (Lipinski definition) is 2. The molecule has 1 amide bonds. The van der Waals surface area contributed by atoms with Crippen molar-refractivity contribution in [3.63, 3.8) is 0 Å². The van der Waals surface area contributed by atoms with Crippen molar-refractivity contribution in [2.24, 2.45) is 5.73 Å². The van der Waals surface area contributed by atoms with E-state index in [9.17, 15) is 4.79 Å². The molecule has 5 nitrogen and oxygen atoms in total. The molecule has 1 heterocycles. The third-order valence-electron chi connectivity index (χ3n) is 3.55. The normalized spacial score (nSPS) is 18.2. The Hall–Kier alpha value is -1.36. The van der Waals surface area contributed by atoms with Crippen molar-refractivity contribution in [3.05, 3.63) is 18.0 Å². The molecule has 1 aromatic heterocycles. The largest absolute Gasteiger partial charge is 0.345 e. The molecule has 0 spiro atoms. The topological polar surface area (TPSA) is 72.9 Å². The van der Waals surface area contributed by atoms with Crippen LogP contribution in [-0.2, 0) is 6.54 Å². The Bertz CT molecular complexity index is 393. The van der Waals surface area contributed by atoms with Gasteiger partial charge in [0.2, 0.25) is 0 Å². The second kappa shape index (κ2) is 4.87. The lowest BCUT2D eigenvalue weighted by atomic mass is 9.97. The molecule has 1 aromatic rings. The molecule has 0 radical (unpaired) electrons. The molecule has 17 heavy (non-hydrogen) atoms. The van der Waals surface area contributed by atoms with Gasteiger partial charge in [0.25, 0.3) is 5.91 Å². The fourth-order valence-corrected chi connectivity index (χ4v) is 2.40. The van der Waals surface area contributed by atoms with Crippen LogP contribution in [0.25, 0.3) is 0 Å². The molecule has 1 aliphatic carbocycles. The number of hydrogen-bond acceptors (Lipinski definition) is 3. The van der Waals surface area contributed by atoms with Gasteiger partial charge in [0.15, 0.2) is 0 Å². The van der Waals surface area contributed by atoms with Crippen molar-refractivity contribution in [1.29, 1.82) is 0 Å². The maximum atomic E-state index is 12.1. The molecule has 1 fully saturated rings. The highest BCUT2D eigenvalue weighted by molar-refractivity contribution is 5.94. The number of carbonyl (C=O) groups excluding carboxylic acids is 1. The van der Waals surface area contributed by atoms with E-state index in [0.29, 0.717) is 12.1 Å². The zero-order chi connectivity index (χ0) is 12.3. The molecule has 0 aliphatic heterocycles. The predicted octanol–water partition coefficient (Wildman–Crippen LogP) is 0.904. The number of nitrogens with one attached hydrogen (secondary N) is 1. The van der Waals surface area contributed by atoms with Crippen molar-refractivity contribution in [2.75, 3.05) is 6.54 Å². The maximum absolute atomic E-state index is 12.1. The molecule has 3 N–H and O–H groups in total. The van der Waals surface area contributed by atoms with Gasteiger partial charge in [0.1, 0.15) is 0 Å². The molecule has 1 aliphatic rings. The van der Waals surface area contributed by atoms with E-state index in [0.717, 1.165) is 32.2 Å². The van der Waals surface area contributed by atoms with Crippen molar-refractivity contribution >= 4 is 5.91 Å². The van der Waals surface area contributed by atoms with Gasteiger partial charge in [-0.1, -0.05) is 12.8 Å². The molecule has 0 unspecified atom stereocenters. The van der Waals surface area contributed by atoms with Gasteiger partial charge < -0.3 is 11.1 Å². The Morgan fingerprint density at radius 1 is 1.59 bits per heavy atom. The SMILES string of the molecule is CCn1cc(C(=O)NC2(CN)CCCC2)cn1. The van der Waals surface area contributed by atoms with Gasteiger partial charge in [-0.05, 0) is 19.8 Å². The average molecular weight is 236 g/mol. The summed E-state index contributed by atoms with van der Waals surface area (Å²) in [6.45, 7) is 3.28. The minimum Gasteiger partial charge on any atom is -0.345 e. The van der Waals surface area contributed by atoms with E-state index < -0.39 is 0 Å². The summed E-state index contributed by atoms with van der Waals surface area (Å²) in [6, 6.07) is 0. The van der Waals surface area contributed by atoms with E-state index in [4.69, 9.17) is 5.73 Å². The summed E-state index contributed by atoms with van der Waals surface area (Å²) in [4.78, 5) is 12.1. The van der Waals surface area contributed by atoms with Crippen LogP contribution in [0.3, 0.4) is 0 Å². The number of amides is 1. The third kappa shape index (κ3) is 2.49. The Labute approximate surface area is 101 Å². The second-order valence-electron chi connectivity index (χ2n) is 4.73. The lowest BCUT2D eigenvalue weighted by Crippen LogP contribution is -2.51. The van der Waals surface area contributed by atoms with Gasteiger partial charge in [-0.25, -0.2) is 0 Å². The first kappa shape index (κ1) is 12.1. The highest BCUT2D eigenvalue weighted by Crippen LogP contribution is 2.28. The standard InChI is InChI=1S/C12H20N4O/c1-2-16-8-10(7-14-16)11(17)15-12(9-13)5-3-4-6-12/h7-8H,2-6,9,13H2,1H3,(H,15,17). The molecule has 0 aromatic carbocycles. The monoisotopic (exact) mass is 236 g/mol. The number of aromatic nitrogens is 2. The first-order chi connectivity index (χ1) is 8.19. The summed E-state index contributed by atoms with van der Waals surface area (Å²) >= 11 is 0. The molecule has 0 bridgehead atoms. The van der Waals surface area contributed by atoms with E-state index in [1.165, 1.54) is 0 Å². The number of nitrogens with two attached hydrogens (primary N) is 1. The smallest absolute Gasteiger partial charge is 0.254 e. The van der Waals surface area contributed by atoms with Gasteiger partial charge in [-0.3, -0.25) is 9.48 Å². The minimum absolute atomic E-state index is 0.0583. The Balaban J connectivity index is 2.05. The van der Waals surface area contributed by atoms with Gasteiger partial charge >= 0.3 is 0 Å². The minimum atomic E-state index is -0.189. The third-order valence-corrected chi connectivity index (χ3v) is 3.55. The van der Waals surface area contributed by atoms with Crippen LogP contribution >= 0.6 is 0 Å².